The van der Waals surface area contributed by atoms with E-state index in [1.165, 1.54) is 19.1 Å². The lowest BCUT2D eigenvalue weighted by Gasteiger charge is -2.17. The zero-order chi connectivity index (χ0) is 13.9. The fraction of sp³-hybridized carbons (Fsp3) is 0.364. The second-order valence-corrected chi connectivity index (χ2v) is 5.63. The summed E-state index contributed by atoms with van der Waals surface area (Å²) < 4.78 is 22.4. The normalized spacial score (nSPS) is 15.1. The maximum absolute atomic E-state index is 11.2. The molecule has 1 aromatic rings. The standard InChI is InChI=1S/C11H16N2O4S/c1-7(13-8(2)11(14)15)9-4-3-5-10(6-9)18(12,16)17/h3-8,13H,1-2H3,(H,14,15)(H2,12,16,17)/t7?,8-/m1/s1. The molecule has 4 N–H and O–H groups in total. The summed E-state index contributed by atoms with van der Waals surface area (Å²) >= 11 is 0. The van der Waals surface area contributed by atoms with Gasteiger partial charge in [0.25, 0.3) is 0 Å². The van der Waals surface area contributed by atoms with Crippen molar-refractivity contribution in [3.8, 4) is 0 Å². The smallest absolute Gasteiger partial charge is 0.320 e. The number of hydrogen-bond donors (Lipinski definition) is 3. The molecule has 0 spiro atoms. The second-order valence-electron chi connectivity index (χ2n) is 4.07. The molecule has 0 aliphatic rings. The van der Waals surface area contributed by atoms with Gasteiger partial charge in [-0.3, -0.25) is 10.1 Å². The van der Waals surface area contributed by atoms with E-state index >= 15 is 0 Å². The quantitative estimate of drug-likeness (QED) is 0.721. The molecule has 1 rings (SSSR count). The Kier molecular flexibility index (Phi) is 4.44. The lowest BCUT2D eigenvalue weighted by atomic mass is 10.1. The number of nitrogens with two attached hydrogens (primary N) is 1. The van der Waals surface area contributed by atoms with Crippen molar-refractivity contribution in [1.29, 1.82) is 0 Å². The first-order chi connectivity index (χ1) is 8.21. The molecule has 7 heteroatoms. The van der Waals surface area contributed by atoms with Crippen LogP contribution in [0.1, 0.15) is 25.5 Å². The molecule has 1 aromatic carbocycles. The van der Waals surface area contributed by atoms with E-state index in [1.807, 2.05) is 0 Å². The Morgan fingerprint density at radius 1 is 1.39 bits per heavy atom. The van der Waals surface area contributed by atoms with E-state index in [2.05, 4.69) is 5.32 Å². The molecule has 0 fully saturated rings. The summed E-state index contributed by atoms with van der Waals surface area (Å²) in [5, 5.41) is 16.7. The van der Waals surface area contributed by atoms with Crippen LogP contribution in [0.2, 0.25) is 0 Å². The van der Waals surface area contributed by atoms with Crippen molar-refractivity contribution in [1.82, 2.24) is 5.32 Å². The van der Waals surface area contributed by atoms with Gasteiger partial charge in [0.15, 0.2) is 0 Å². The highest BCUT2D eigenvalue weighted by molar-refractivity contribution is 7.89. The molecule has 2 atom stereocenters. The number of carbonyl (C=O) groups is 1. The predicted octanol–water partition coefficient (Wildman–Crippen LogP) is 0.458. The zero-order valence-corrected chi connectivity index (χ0v) is 10.9. The number of benzene rings is 1. The van der Waals surface area contributed by atoms with Crippen molar-refractivity contribution in [2.45, 2.75) is 30.8 Å². The lowest BCUT2D eigenvalue weighted by Crippen LogP contribution is -2.35. The Hall–Kier alpha value is -1.44. The summed E-state index contributed by atoms with van der Waals surface area (Å²) in [6.07, 6.45) is 0. The summed E-state index contributed by atoms with van der Waals surface area (Å²) in [4.78, 5) is 10.7. The first-order valence-electron chi connectivity index (χ1n) is 5.33. The number of hydrogen-bond acceptors (Lipinski definition) is 4. The van der Waals surface area contributed by atoms with Crippen LogP contribution in [-0.4, -0.2) is 25.5 Å². The van der Waals surface area contributed by atoms with E-state index in [-0.39, 0.29) is 10.9 Å². The summed E-state index contributed by atoms with van der Waals surface area (Å²) in [5.41, 5.74) is 0.662. The van der Waals surface area contributed by atoms with Gasteiger partial charge in [0, 0.05) is 6.04 Å². The molecular formula is C11H16N2O4S. The SMILES string of the molecule is CC(N[C@H](C)C(=O)O)c1cccc(S(N)(=O)=O)c1. The number of sulfonamides is 1. The van der Waals surface area contributed by atoms with Crippen LogP contribution in [-0.2, 0) is 14.8 Å². The van der Waals surface area contributed by atoms with E-state index < -0.39 is 22.0 Å². The molecule has 1 unspecified atom stereocenters. The molecule has 0 radical (unpaired) electrons. The van der Waals surface area contributed by atoms with Crippen LogP contribution in [0.4, 0.5) is 0 Å². The predicted molar refractivity (Wildman–Crippen MR) is 66.5 cm³/mol. The number of primary sulfonamides is 1. The summed E-state index contributed by atoms with van der Waals surface area (Å²) in [6.45, 7) is 3.27. The summed E-state index contributed by atoms with van der Waals surface area (Å²) in [5.74, 6) is -0.968. The van der Waals surface area contributed by atoms with Gasteiger partial charge in [0.05, 0.1) is 4.90 Å². The highest BCUT2D eigenvalue weighted by atomic mass is 32.2. The minimum Gasteiger partial charge on any atom is -0.480 e. The molecule has 0 amide bonds. The highest BCUT2D eigenvalue weighted by Gasteiger charge is 2.16. The third-order valence-corrected chi connectivity index (χ3v) is 3.47. The van der Waals surface area contributed by atoms with Crippen molar-refractivity contribution in [2.24, 2.45) is 5.14 Å². The Bertz CT molecular complexity index is 542. The van der Waals surface area contributed by atoms with Crippen molar-refractivity contribution in [2.75, 3.05) is 0 Å². The van der Waals surface area contributed by atoms with Crippen molar-refractivity contribution >= 4 is 16.0 Å². The number of rotatable bonds is 5. The third kappa shape index (κ3) is 3.80. The number of nitrogens with one attached hydrogen (secondary N) is 1. The van der Waals surface area contributed by atoms with Gasteiger partial charge in [-0.05, 0) is 31.5 Å². The minimum absolute atomic E-state index is 0.0108. The Morgan fingerprint density at radius 2 is 2.00 bits per heavy atom. The number of aliphatic carboxylic acids is 1. The van der Waals surface area contributed by atoms with Gasteiger partial charge < -0.3 is 5.11 Å². The topological polar surface area (TPSA) is 109 Å². The molecule has 18 heavy (non-hydrogen) atoms. The minimum atomic E-state index is -3.75. The molecule has 0 aliphatic heterocycles. The second kappa shape index (κ2) is 5.47. The first kappa shape index (κ1) is 14.6. The maximum atomic E-state index is 11.2. The summed E-state index contributed by atoms with van der Waals surface area (Å²) in [6, 6.07) is 5.09. The van der Waals surface area contributed by atoms with E-state index in [9.17, 15) is 13.2 Å². The van der Waals surface area contributed by atoms with Gasteiger partial charge in [0.2, 0.25) is 10.0 Å². The van der Waals surface area contributed by atoms with E-state index in [0.29, 0.717) is 5.56 Å². The fourth-order valence-electron chi connectivity index (χ4n) is 1.50. The van der Waals surface area contributed by atoms with Crippen molar-refractivity contribution < 1.29 is 18.3 Å². The van der Waals surface area contributed by atoms with E-state index in [4.69, 9.17) is 10.2 Å². The molecule has 0 aliphatic carbocycles. The van der Waals surface area contributed by atoms with Gasteiger partial charge >= 0.3 is 5.97 Å². The third-order valence-electron chi connectivity index (χ3n) is 2.56. The first-order valence-corrected chi connectivity index (χ1v) is 6.88. The lowest BCUT2D eigenvalue weighted by molar-refractivity contribution is -0.139. The maximum Gasteiger partial charge on any atom is 0.320 e. The fourth-order valence-corrected chi connectivity index (χ4v) is 2.07. The Labute approximate surface area is 106 Å². The van der Waals surface area contributed by atoms with Crippen LogP contribution in [0.5, 0.6) is 0 Å². The van der Waals surface area contributed by atoms with Gasteiger partial charge in [-0.1, -0.05) is 12.1 Å². The molecule has 0 saturated heterocycles. The van der Waals surface area contributed by atoms with Crippen LogP contribution in [0.15, 0.2) is 29.2 Å². The van der Waals surface area contributed by atoms with Crippen molar-refractivity contribution in [3.05, 3.63) is 29.8 Å². The highest BCUT2D eigenvalue weighted by Crippen LogP contribution is 2.17. The number of carboxylic acids is 1. The van der Waals surface area contributed by atoms with Gasteiger partial charge in [-0.15, -0.1) is 0 Å². The molecule has 0 saturated carbocycles. The van der Waals surface area contributed by atoms with Gasteiger partial charge in [-0.25, -0.2) is 13.6 Å². The van der Waals surface area contributed by atoms with Crippen molar-refractivity contribution in [3.63, 3.8) is 0 Å². The van der Waals surface area contributed by atoms with Crippen LogP contribution in [0.3, 0.4) is 0 Å². The largest absolute Gasteiger partial charge is 0.480 e. The molecule has 0 aromatic heterocycles. The summed E-state index contributed by atoms with van der Waals surface area (Å²) in [7, 11) is -3.75. The average Bonchev–Trinajstić information content (AvgIpc) is 2.27. The average molecular weight is 272 g/mol. The molecule has 0 heterocycles. The molecule has 100 valence electrons. The molecule has 6 nitrogen and oxygen atoms in total. The van der Waals surface area contributed by atoms with Crippen LogP contribution in [0.25, 0.3) is 0 Å². The van der Waals surface area contributed by atoms with E-state index in [0.717, 1.165) is 0 Å². The Balaban J connectivity index is 2.94. The molecular weight excluding hydrogens is 256 g/mol. The van der Waals surface area contributed by atoms with Gasteiger partial charge in [-0.2, -0.15) is 0 Å². The van der Waals surface area contributed by atoms with Crippen LogP contribution < -0.4 is 10.5 Å². The van der Waals surface area contributed by atoms with Gasteiger partial charge in [0.1, 0.15) is 6.04 Å². The monoisotopic (exact) mass is 272 g/mol. The molecule has 0 bridgehead atoms. The van der Waals surface area contributed by atoms with Crippen LogP contribution >= 0.6 is 0 Å². The number of carboxylic acid groups (broad SMARTS) is 1. The Morgan fingerprint density at radius 3 is 2.50 bits per heavy atom. The van der Waals surface area contributed by atoms with E-state index in [1.54, 1.807) is 19.1 Å². The van der Waals surface area contributed by atoms with Crippen LogP contribution in [0, 0.1) is 0 Å². The zero-order valence-electron chi connectivity index (χ0n) is 10.1.